The van der Waals surface area contributed by atoms with Crippen LogP contribution in [0.5, 0.6) is 0 Å². The van der Waals surface area contributed by atoms with E-state index in [0.29, 0.717) is 18.1 Å². The van der Waals surface area contributed by atoms with Gasteiger partial charge in [0.25, 0.3) is 0 Å². The summed E-state index contributed by atoms with van der Waals surface area (Å²) >= 11 is 0. The van der Waals surface area contributed by atoms with Crippen molar-refractivity contribution in [2.24, 2.45) is 13.0 Å². The van der Waals surface area contributed by atoms with Crippen molar-refractivity contribution in [2.45, 2.75) is 18.9 Å². The Bertz CT molecular complexity index is 708. The molecule has 25 heavy (non-hydrogen) atoms. The van der Waals surface area contributed by atoms with E-state index in [1.807, 2.05) is 17.8 Å². The normalized spacial score (nSPS) is 17.4. The maximum atomic E-state index is 12.9. The van der Waals surface area contributed by atoms with Gasteiger partial charge in [0.2, 0.25) is 5.91 Å². The third-order valence-electron chi connectivity index (χ3n) is 4.70. The molecule has 0 saturated carbocycles. The minimum absolute atomic E-state index is 0.116. The van der Waals surface area contributed by atoms with E-state index in [1.165, 1.54) is 12.1 Å². The zero-order chi connectivity index (χ0) is 17.8. The lowest BCUT2D eigenvalue weighted by Crippen LogP contribution is -2.40. The Kier molecular flexibility index (Phi) is 5.45. The lowest BCUT2D eigenvalue weighted by molar-refractivity contribution is -0.117. The molecule has 0 spiro atoms. The zero-order valence-corrected chi connectivity index (χ0v) is 14.2. The second kappa shape index (κ2) is 7.76. The molecule has 1 atom stereocenters. The van der Waals surface area contributed by atoms with Gasteiger partial charge in [0, 0.05) is 25.1 Å². The highest BCUT2D eigenvalue weighted by molar-refractivity contribution is 5.92. The first-order valence-corrected chi connectivity index (χ1v) is 8.46. The fourth-order valence-corrected chi connectivity index (χ4v) is 3.24. The Balaban J connectivity index is 1.46. The van der Waals surface area contributed by atoms with Crippen molar-refractivity contribution >= 4 is 11.6 Å². The Labute approximate surface area is 146 Å². The molecule has 3 rings (SSSR count). The number of likely N-dealkylation sites (tertiary alicyclic amines) is 1. The number of carbonyl (C=O) groups is 1. The minimum Gasteiger partial charge on any atom is -0.385 e. The van der Waals surface area contributed by atoms with Crippen LogP contribution in [0, 0.1) is 11.7 Å². The van der Waals surface area contributed by atoms with Crippen LogP contribution < -0.4 is 5.32 Å². The molecule has 6 nitrogen and oxygen atoms in total. The highest BCUT2D eigenvalue weighted by Gasteiger charge is 2.28. The van der Waals surface area contributed by atoms with Crippen LogP contribution in [0.3, 0.4) is 0 Å². The summed E-state index contributed by atoms with van der Waals surface area (Å²) < 4.78 is 14.7. The summed E-state index contributed by atoms with van der Waals surface area (Å²) in [6, 6.07) is 5.73. The Morgan fingerprint density at radius 3 is 2.64 bits per heavy atom. The Morgan fingerprint density at radius 1 is 1.36 bits per heavy atom. The van der Waals surface area contributed by atoms with E-state index in [-0.39, 0.29) is 17.6 Å². The van der Waals surface area contributed by atoms with Crippen molar-refractivity contribution in [3.63, 3.8) is 0 Å². The SMILES string of the molecule is Cn1ccnc1[C@H](O)C1CCN(CC(=O)Nc2ccc(F)cc2)CC1. The Hall–Kier alpha value is -2.25. The van der Waals surface area contributed by atoms with E-state index in [2.05, 4.69) is 15.2 Å². The number of nitrogens with one attached hydrogen (secondary N) is 1. The molecule has 0 aliphatic carbocycles. The third kappa shape index (κ3) is 4.43. The molecule has 0 unspecified atom stereocenters. The number of imidazole rings is 1. The van der Waals surface area contributed by atoms with Crippen LogP contribution in [0.2, 0.25) is 0 Å². The van der Waals surface area contributed by atoms with Gasteiger partial charge in [-0.05, 0) is 56.1 Å². The average molecular weight is 346 g/mol. The van der Waals surface area contributed by atoms with Crippen LogP contribution in [0.15, 0.2) is 36.7 Å². The molecule has 134 valence electrons. The number of amides is 1. The van der Waals surface area contributed by atoms with Crippen LogP contribution in [-0.4, -0.2) is 45.1 Å². The predicted molar refractivity (Wildman–Crippen MR) is 92.4 cm³/mol. The highest BCUT2D eigenvalue weighted by atomic mass is 19.1. The number of piperidine rings is 1. The number of anilines is 1. The number of halogens is 1. The fourth-order valence-electron chi connectivity index (χ4n) is 3.24. The second-order valence-corrected chi connectivity index (χ2v) is 6.51. The number of hydrogen-bond donors (Lipinski definition) is 2. The molecule has 1 saturated heterocycles. The fraction of sp³-hybridized carbons (Fsp3) is 0.444. The first-order valence-electron chi connectivity index (χ1n) is 8.46. The van der Waals surface area contributed by atoms with Crippen molar-refractivity contribution in [2.75, 3.05) is 25.0 Å². The first-order chi connectivity index (χ1) is 12.0. The number of carbonyl (C=O) groups excluding carboxylic acids is 1. The summed E-state index contributed by atoms with van der Waals surface area (Å²) in [6.45, 7) is 1.80. The maximum Gasteiger partial charge on any atom is 0.238 e. The number of benzene rings is 1. The molecule has 1 aromatic carbocycles. The Morgan fingerprint density at radius 2 is 2.04 bits per heavy atom. The molecule has 0 bridgehead atoms. The molecular formula is C18H23FN4O2. The van der Waals surface area contributed by atoms with E-state index in [4.69, 9.17) is 0 Å². The number of rotatable bonds is 5. The van der Waals surface area contributed by atoms with Crippen LogP contribution >= 0.6 is 0 Å². The summed E-state index contributed by atoms with van der Waals surface area (Å²) in [5, 5.41) is 13.3. The van der Waals surface area contributed by atoms with Gasteiger partial charge in [0.1, 0.15) is 17.7 Å². The molecule has 0 radical (unpaired) electrons. The van der Waals surface area contributed by atoms with Gasteiger partial charge in [-0.2, -0.15) is 0 Å². The van der Waals surface area contributed by atoms with Crippen LogP contribution in [0.1, 0.15) is 24.8 Å². The van der Waals surface area contributed by atoms with Crippen molar-refractivity contribution in [1.29, 1.82) is 0 Å². The van der Waals surface area contributed by atoms with Crippen molar-refractivity contribution in [3.05, 3.63) is 48.3 Å². The largest absolute Gasteiger partial charge is 0.385 e. The molecule has 7 heteroatoms. The minimum atomic E-state index is -0.574. The van der Waals surface area contributed by atoms with Gasteiger partial charge in [-0.15, -0.1) is 0 Å². The molecule has 2 aromatic rings. The second-order valence-electron chi connectivity index (χ2n) is 6.51. The van der Waals surface area contributed by atoms with Crippen LogP contribution in [-0.2, 0) is 11.8 Å². The zero-order valence-electron chi connectivity index (χ0n) is 14.2. The maximum absolute atomic E-state index is 12.9. The van der Waals surface area contributed by atoms with E-state index in [9.17, 15) is 14.3 Å². The monoisotopic (exact) mass is 346 g/mol. The summed E-state index contributed by atoms with van der Waals surface area (Å²) in [5.41, 5.74) is 0.589. The third-order valence-corrected chi connectivity index (χ3v) is 4.70. The molecule has 1 aromatic heterocycles. The lowest BCUT2D eigenvalue weighted by atomic mass is 9.90. The van der Waals surface area contributed by atoms with Crippen molar-refractivity contribution in [1.82, 2.24) is 14.5 Å². The standard InChI is InChI=1S/C18H23FN4O2/c1-22-11-8-20-18(22)17(25)13-6-9-23(10-7-13)12-16(24)21-15-4-2-14(19)3-5-15/h2-5,8,11,13,17,25H,6-7,9-10,12H2,1H3,(H,21,24)/t17-/m1/s1. The van der Waals surface area contributed by atoms with Gasteiger partial charge in [-0.25, -0.2) is 9.37 Å². The number of hydrogen-bond acceptors (Lipinski definition) is 4. The lowest BCUT2D eigenvalue weighted by Gasteiger charge is -2.33. The van der Waals surface area contributed by atoms with E-state index in [1.54, 1.807) is 18.3 Å². The van der Waals surface area contributed by atoms with Gasteiger partial charge in [-0.3, -0.25) is 9.69 Å². The number of aliphatic hydroxyl groups is 1. The first kappa shape index (κ1) is 17.6. The van der Waals surface area contributed by atoms with Crippen LogP contribution in [0.25, 0.3) is 0 Å². The molecule has 1 aliphatic heterocycles. The van der Waals surface area contributed by atoms with E-state index < -0.39 is 6.10 Å². The van der Waals surface area contributed by atoms with Gasteiger partial charge in [0.15, 0.2) is 0 Å². The van der Waals surface area contributed by atoms with Crippen molar-refractivity contribution in [3.8, 4) is 0 Å². The van der Waals surface area contributed by atoms with E-state index >= 15 is 0 Å². The smallest absolute Gasteiger partial charge is 0.238 e. The number of aliphatic hydroxyl groups excluding tert-OH is 1. The summed E-state index contributed by atoms with van der Waals surface area (Å²) in [4.78, 5) is 18.4. The number of aromatic nitrogens is 2. The quantitative estimate of drug-likeness (QED) is 0.868. The van der Waals surface area contributed by atoms with Gasteiger partial charge in [-0.1, -0.05) is 0 Å². The summed E-state index contributed by atoms with van der Waals surface area (Å²) in [5.74, 6) is 0.395. The van der Waals surface area contributed by atoms with E-state index in [0.717, 1.165) is 25.9 Å². The summed E-state index contributed by atoms with van der Waals surface area (Å²) in [7, 11) is 1.88. The molecule has 2 N–H and O–H groups in total. The average Bonchev–Trinajstić information content (AvgIpc) is 3.03. The molecular weight excluding hydrogens is 323 g/mol. The van der Waals surface area contributed by atoms with Gasteiger partial charge in [0.05, 0.1) is 6.54 Å². The van der Waals surface area contributed by atoms with Crippen LogP contribution in [0.4, 0.5) is 10.1 Å². The summed E-state index contributed by atoms with van der Waals surface area (Å²) in [6.07, 6.45) is 4.58. The highest BCUT2D eigenvalue weighted by Crippen LogP contribution is 2.29. The van der Waals surface area contributed by atoms with Gasteiger partial charge < -0.3 is 15.0 Å². The van der Waals surface area contributed by atoms with Crippen molar-refractivity contribution < 1.29 is 14.3 Å². The predicted octanol–water partition coefficient (Wildman–Crippen LogP) is 1.94. The topological polar surface area (TPSA) is 70.4 Å². The number of nitrogens with zero attached hydrogens (tertiary/aromatic N) is 3. The number of aryl methyl sites for hydroxylation is 1. The molecule has 2 heterocycles. The molecule has 1 amide bonds. The van der Waals surface area contributed by atoms with Gasteiger partial charge >= 0.3 is 0 Å². The molecule has 1 aliphatic rings. The molecule has 1 fully saturated rings.